The highest BCUT2D eigenvalue weighted by molar-refractivity contribution is 7.98. The Hall–Kier alpha value is -0.780. The van der Waals surface area contributed by atoms with Crippen LogP contribution in [0.25, 0.3) is 0 Å². The van der Waals surface area contributed by atoms with E-state index in [1.165, 1.54) is 6.20 Å². The van der Waals surface area contributed by atoms with Gasteiger partial charge in [-0.2, -0.15) is 11.8 Å². The SMILES string of the molecule is CSCC[C@@H](N)C(=O)Nc1ccnc(Cl)c1. The summed E-state index contributed by atoms with van der Waals surface area (Å²) in [7, 11) is 0. The summed E-state index contributed by atoms with van der Waals surface area (Å²) < 4.78 is 0. The van der Waals surface area contributed by atoms with Gasteiger partial charge < -0.3 is 11.1 Å². The Bertz CT molecular complexity index is 362. The van der Waals surface area contributed by atoms with Crippen molar-refractivity contribution in [3.63, 3.8) is 0 Å². The summed E-state index contributed by atoms with van der Waals surface area (Å²) in [4.78, 5) is 15.4. The number of amides is 1. The maximum Gasteiger partial charge on any atom is 0.241 e. The zero-order valence-corrected chi connectivity index (χ0v) is 10.5. The van der Waals surface area contributed by atoms with Crippen LogP contribution in [-0.4, -0.2) is 28.9 Å². The molecule has 0 aliphatic rings. The Morgan fingerprint density at radius 2 is 2.50 bits per heavy atom. The van der Waals surface area contributed by atoms with Gasteiger partial charge in [0.2, 0.25) is 5.91 Å². The van der Waals surface area contributed by atoms with Crippen molar-refractivity contribution >= 4 is 35.0 Å². The van der Waals surface area contributed by atoms with E-state index in [4.69, 9.17) is 17.3 Å². The van der Waals surface area contributed by atoms with Crippen LogP contribution >= 0.6 is 23.4 Å². The molecule has 4 nitrogen and oxygen atoms in total. The molecule has 0 unspecified atom stereocenters. The number of hydrogen-bond acceptors (Lipinski definition) is 4. The topological polar surface area (TPSA) is 68.0 Å². The van der Waals surface area contributed by atoms with Crippen molar-refractivity contribution in [2.45, 2.75) is 12.5 Å². The minimum atomic E-state index is -0.487. The molecule has 16 heavy (non-hydrogen) atoms. The van der Waals surface area contributed by atoms with Gasteiger partial charge in [-0.25, -0.2) is 4.98 Å². The highest BCUT2D eigenvalue weighted by atomic mass is 35.5. The number of carbonyl (C=O) groups excluding carboxylic acids is 1. The van der Waals surface area contributed by atoms with E-state index in [1.807, 2.05) is 6.26 Å². The van der Waals surface area contributed by atoms with Gasteiger partial charge in [0.1, 0.15) is 5.15 Å². The van der Waals surface area contributed by atoms with Crippen LogP contribution in [0.5, 0.6) is 0 Å². The van der Waals surface area contributed by atoms with Crippen LogP contribution in [0.2, 0.25) is 5.15 Å². The first kappa shape index (κ1) is 13.3. The minimum absolute atomic E-state index is 0.198. The van der Waals surface area contributed by atoms with Crippen LogP contribution in [0.15, 0.2) is 18.3 Å². The molecule has 0 bridgehead atoms. The molecule has 0 fully saturated rings. The maximum atomic E-state index is 11.6. The fourth-order valence-electron chi connectivity index (χ4n) is 1.09. The molecule has 1 rings (SSSR count). The number of aromatic nitrogens is 1. The maximum absolute atomic E-state index is 11.6. The average Bonchev–Trinajstić information content (AvgIpc) is 2.25. The van der Waals surface area contributed by atoms with Crippen molar-refractivity contribution in [1.29, 1.82) is 0 Å². The molecule has 3 N–H and O–H groups in total. The Morgan fingerprint density at radius 1 is 1.75 bits per heavy atom. The van der Waals surface area contributed by atoms with Gasteiger partial charge in [0, 0.05) is 11.9 Å². The van der Waals surface area contributed by atoms with E-state index in [2.05, 4.69) is 10.3 Å². The second-order valence-electron chi connectivity index (χ2n) is 3.24. The van der Waals surface area contributed by atoms with Crippen molar-refractivity contribution in [3.05, 3.63) is 23.5 Å². The lowest BCUT2D eigenvalue weighted by atomic mass is 10.2. The van der Waals surface area contributed by atoms with E-state index in [-0.39, 0.29) is 5.91 Å². The van der Waals surface area contributed by atoms with Crippen molar-refractivity contribution in [1.82, 2.24) is 4.98 Å². The molecule has 88 valence electrons. The Kier molecular flexibility index (Phi) is 5.59. The van der Waals surface area contributed by atoms with Gasteiger partial charge in [0.15, 0.2) is 0 Å². The molecule has 0 aromatic carbocycles. The number of anilines is 1. The first-order chi connectivity index (χ1) is 7.63. The third kappa shape index (κ3) is 4.38. The number of pyridine rings is 1. The molecule has 1 heterocycles. The highest BCUT2D eigenvalue weighted by Gasteiger charge is 2.12. The summed E-state index contributed by atoms with van der Waals surface area (Å²) in [6.45, 7) is 0. The Morgan fingerprint density at radius 3 is 3.12 bits per heavy atom. The predicted octanol–water partition coefficient (Wildman–Crippen LogP) is 1.75. The van der Waals surface area contributed by atoms with Gasteiger partial charge in [-0.15, -0.1) is 0 Å². The third-order valence-electron chi connectivity index (χ3n) is 1.96. The van der Waals surface area contributed by atoms with E-state index >= 15 is 0 Å². The molecule has 6 heteroatoms. The molecule has 0 radical (unpaired) electrons. The van der Waals surface area contributed by atoms with Crippen molar-refractivity contribution in [2.24, 2.45) is 5.73 Å². The molecule has 0 saturated heterocycles. The lowest BCUT2D eigenvalue weighted by Gasteiger charge is -2.11. The lowest BCUT2D eigenvalue weighted by molar-refractivity contribution is -0.117. The number of nitrogens with one attached hydrogen (secondary N) is 1. The second-order valence-corrected chi connectivity index (χ2v) is 4.62. The number of nitrogens with two attached hydrogens (primary N) is 1. The quantitative estimate of drug-likeness (QED) is 0.791. The molecule has 1 amide bonds. The minimum Gasteiger partial charge on any atom is -0.325 e. The van der Waals surface area contributed by atoms with E-state index in [0.29, 0.717) is 17.3 Å². The first-order valence-corrected chi connectivity index (χ1v) is 6.57. The number of thioether (sulfide) groups is 1. The number of carbonyl (C=O) groups is 1. The number of hydrogen-bond donors (Lipinski definition) is 2. The van der Waals surface area contributed by atoms with E-state index in [9.17, 15) is 4.79 Å². The Balaban J connectivity index is 2.50. The van der Waals surface area contributed by atoms with Gasteiger partial charge in [0.25, 0.3) is 0 Å². The van der Waals surface area contributed by atoms with Crippen LogP contribution in [0.1, 0.15) is 6.42 Å². The lowest BCUT2D eigenvalue weighted by Crippen LogP contribution is -2.36. The van der Waals surface area contributed by atoms with Crippen LogP contribution in [0.4, 0.5) is 5.69 Å². The molecule has 1 aromatic rings. The van der Waals surface area contributed by atoms with E-state index < -0.39 is 6.04 Å². The van der Waals surface area contributed by atoms with Crippen LogP contribution in [0, 0.1) is 0 Å². The largest absolute Gasteiger partial charge is 0.325 e. The van der Waals surface area contributed by atoms with Gasteiger partial charge in [0.05, 0.1) is 6.04 Å². The molecular weight excluding hydrogens is 246 g/mol. The molecule has 0 spiro atoms. The average molecular weight is 260 g/mol. The summed E-state index contributed by atoms with van der Waals surface area (Å²) in [5, 5.41) is 3.04. The molecule has 0 saturated carbocycles. The predicted molar refractivity (Wildman–Crippen MR) is 68.9 cm³/mol. The van der Waals surface area contributed by atoms with Crippen molar-refractivity contribution < 1.29 is 4.79 Å². The number of nitrogens with zero attached hydrogens (tertiary/aromatic N) is 1. The summed E-state index contributed by atoms with van der Waals surface area (Å²) in [5.74, 6) is 0.669. The van der Waals surface area contributed by atoms with Crippen LogP contribution in [0.3, 0.4) is 0 Å². The molecule has 1 aromatic heterocycles. The molecule has 1 atom stereocenters. The standard InChI is InChI=1S/C10H14ClN3OS/c1-16-5-3-8(12)10(15)14-7-2-4-13-9(11)6-7/h2,4,6,8H,3,5,12H2,1H3,(H,13,14,15)/t8-/m1/s1. The van der Waals surface area contributed by atoms with Crippen molar-refractivity contribution in [2.75, 3.05) is 17.3 Å². The zero-order chi connectivity index (χ0) is 12.0. The summed E-state index contributed by atoms with van der Waals surface area (Å²) in [6.07, 6.45) is 4.17. The van der Waals surface area contributed by atoms with E-state index in [0.717, 1.165) is 5.75 Å². The number of halogens is 1. The van der Waals surface area contributed by atoms with Crippen molar-refractivity contribution in [3.8, 4) is 0 Å². The van der Waals surface area contributed by atoms with Gasteiger partial charge in [-0.3, -0.25) is 4.79 Å². The third-order valence-corrected chi connectivity index (χ3v) is 2.81. The fraction of sp³-hybridized carbons (Fsp3) is 0.400. The summed E-state index contributed by atoms with van der Waals surface area (Å²) in [6, 6.07) is 2.77. The summed E-state index contributed by atoms with van der Waals surface area (Å²) in [5.41, 5.74) is 6.33. The Labute approximate surface area is 104 Å². The normalized spacial score (nSPS) is 12.2. The van der Waals surface area contributed by atoms with Gasteiger partial charge in [-0.1, -0.05) is 11.6 Å². The molecule has 0 aliphatic carbocycles. The monoisotopic (exact) mass is 259 g/mol. The zero-order valence-electron chi connectivity index (χ0n) is 8.94. The molecule has 0 aliphatic heterocycles. The fourth-order valence-corrected chi connectivity index (χ4v) is 1.75. The van der Waals surface area contributed by atoms with Crippen LogP contribution < -0.4 is 11.1 Å². The van der Waals surface area contributed by atoms with E-state index in [1.54, 1.807) is 23.9 Å². The molecular formula is C10H14ClN3OS. The number of rotatable bonds is 5. The second kappa shape index (κ2) is 6.73. The summed E-state index contributed by atoms with van der Waals surface area (Å²) >= 11 is 7.36. The smallest absolute Gasteiger partial charge is 0.241 e. The first-order valence-electron chi connectivity index (χ1n) is 4.80. The highest BCUT2D eigenvalue weighted by Crippen LogP contribution is 2.12. The van der Waals surface area contributed by atoms with Crippen LogP contribution in [-0.2, 0) is 4.79 Å². The van der Waals surface area contributed by atoms with Gasteiger partial charge >= 0.3 is 0 Å². The van der Waals surface area contributed by atoms with Gasteiger partial charge in [-0.05, 0) is 30.6 Å².